The third kappa shape index (κ3) is 5.71. The Hall–Kier alpha value is -3.10. The Bertz CT molecular complexity index is 993. The molecule has 1 saturated heterocycles. The molecule has 9 heteroatoms. The van der Waals surface area contributed by atoms with E-state index >= 15 is 0 Å². The predicted molar refractivity (Wildman–Crippen MR) is 116 cm³/mol. The van der Waals surface area contributed by atoms with Crippen LogP contribution in [0, 0.1) is 0 Å². The summed E-state index contributed by atoms with van der Waals surface area (Å²) in [7, 11) is 0. The summed E-state index contributed by atoms with van der Waals surface area (Å²) in [5.41, 5.74) is 1.21. The van der Waals surface area contributed by atoms with Crippen LogP contribution < -0.4 is 10.6 Å². The maximum Gasteiger partial charge on any atom is 0.293 e. The van der Waals surface area contributed by atoms with E-state index in [1.165, 1.54) is 0 Å². The van der Waals surface area contributed by atoms with Crippen LogP contribution in [-0.2, 0) is 9.59 Å². The maximum absolute atomic E-state index is 12.4. The average molecular weight is 444 g/mol. The zero-order chi connectivity index (χ0) is 21.5. The number of nitrogens with zero attached hydrogens (tertiary/aromatic N) is 1. The Morgan fingerprint density at radius 1 is 1.00 bits per heavy atom. The number of benzene rings is 2. The van der Waals surface area contributed by atoms with Crippen molar-refractivity contribution in [2.45, 2.75) is 0 Å². The molecule has 1 aliphatic rings. The van der Waals surface area contributed by atoms with Crippen LogP contribution >= 0.6 is 23.4 Å². The van der Waals surface area contributed by atoms with E-state index in [4.69, 9.17) is 11.6 Å². The molecule has 2 aromatic carbocycles. The van der Waals surface area contributed by atoms with Crippen molar-refractivity contribution in [1.82, 2.24) is 15.5 Å². The van der Waals surface area contributed by atoms with Crippen LogP contribution in [0.4, 0.5) is 4.79 Å². The molecular weight excluding hydrogens is 426 g/mol. The SMILES string of the molecule is O=C(CNC(=O)c1ccc(Cl)cc1)NCCN1C(=O)S/C(=C/c2ccccc2)C1=O. The van der Waals surface area contributed by atoms with Gasteiger partial charge in [0.2, 0.25) is 5.91 Å². The predicted octanol–water partition coefficient (Wildman–Crippen LogP) is 2.92. The zero-order valence-electron chi connectivity index (χ0n) is 15.8. The number of amides is 4. The highest BCUT2D eigenvalue weighted by Gasteiger charge is 2.34. The molecule has 0 bridgehead atoms. The lowest BCUT2D eigenvalue weighted by atomic mass is 10.2. The Balaban J connectivity index is 1.44. The van der Waals surface area contributed by atoms with Gasteiger partial charge in [0.25, 0.3) is 17.1 Å². The number of imide groups is 1. The maximum atomic E-state index is 12.4. The second kappa shape index (κ2) is 10.1. The van der Waals surface area contributed by atoms with E-state index in [1.807, 2.05) is 30.3 Å². The topological polar surface area (TPSA) is 95.6 Å². The summed E-state index contributed by atoms with van der Waals surface area (Å²) >= 11 is 6.64. The molecule has 154 valence electrons. The van der Waals surface area contributed by atoms with Gasteiger partial charge >= 0.3 is 0 Å². The molecule has 0 radical (unpaired) electrons. The first-order valence-electron chi connectivity index (χ1n) is 9.05. The fraction of sp³-hybridized carbons (Fsp3) is 0.143. The Morgan fingerprint density at radius 2 is 1.70 bits per heavy atom. The number of carbonyl (C=O) groups excluding carboxylic acids is 4. The molecule has 3 rings (SSSR count). The lowest BCUT2D eigenvalue weighted by Crippen LogP contribution is -2.41. The molecule has 30 heavy (non-hydrogen) atoms. The molecule has 0 atom stereocenters. The lowest BCUT2D eigenvalue weighted by molar-refractivity contribution is -0.124. The van der Waals surface area contributed by atoms with Gasteiger partial charge < -0.3 is 10.6 Å². The Morgan fingerprint density at radius 3 is 2.40 bits per heavy atom. The first-order chi connectivity index (χ1) is 14.4. The van der Waals surface area contributed by atoms with Crippen molar-refractivity contribution in [2.24, 2.45) is 0 Å². The van der Waals surface area contributed by atoms with Crippen LogP contribution in [0.15, 0.2) is 59.5 Å². The molecule has 0 unspecified atom stereocenters. The van der Waals surface area contributed by atoms with Gasteiger partial charge in [-0.25, -0.2) is 0 Å². The highest BCUT2D eigenvalue weighted by molar-refractivity contribution is 8.18. The van der Waals surface area contributed by atoms with Crippen LogP contribution in [0.1, 0.15) is 15.9 Å². The van der Waals surface area contributed by atoms with Gasteiger partial charge in [-0.15, -0.1) is 0 Å². The van der Waals surface area contributed by atoms with Gasteiger partial charge in [0, 0.05) is 23.7 Å². The van der Waals surface area contributed by atoms with Crippen molar-refractivity contribution in [3.05, 3.63) is 75.7 Å². The van der Waals surface area contributed by atoms with Crippen molar-refractivity contribution in [3.8, 4) is 0 Å². The molecule has 4 amide bonds. The van der Waals surface area contributed by atoms with Crippen molar-refractivity contribution in [3.63, 3.8) is 0 Å². The van der Waals surface area contributed by atoms with Crippen LogP contribution in [0.2, 0.25) is 5.02 Å². The minimum Gasteiger partial charge on any atom is -0.353 e. The minimum absolute atomic E-state index is 0.0493. The van der Waals surface area contributed by atoms with Gasteiger partial charge in [-0.2, -0.15) is 0 Å². The van der Waals surface area contributed by atoms with Gasteiger partial charge in [0.05, 0.1) is 11.4 Å². The fourth-order valence-electron chi connectivity index (χ4n) is 2.63. The number of hydrogen-bond acceptors (Lipinski definition) is 5. The number of hydrogen-bond donors (Lipinski definition) is 2. The van der Waals surface area contributed by atoms with Gasteiger partial charge in [-0.05, 0) is 47.7 Å². The highest BCUT2D eigenvalue weighted by atomic mass is 35.5. The third-order valence-electron chi connectivity index (χ3n) is 4.14. The van der Waals surface area contributed by atoms with Gasteiger partial charge in [0.15, 0.2) is 0 Å². The molecule has 0 aliphatic carbocycles. The molecule has 7 nitrogen and oxygen atoms in total. The molecule has 2 aromatic rings. The number of carbonyl (C=O) groups is 4. The van der Waals surface area contributed by atoms with E-state index in [0.29, 0.717) is 15.5 Å². The summed E-state index contributed by atoms with van der Waals surface area (Å²) in [6, 6.07) is 15.5. The van der Waals surface area contributed by atoms with E-state index in [9.17, 15) is 19.2 Å². The van der Waals surface area contributed by atoms with Crippen LogP contribution in [0.5, 0.6) is 0 Å². The minimum atomic E-state index is -0.427. The van der Waals surface area contributed by atoms with Gasteiger partial charge in [-0.3, -0.25) is 24.1 Å². The second-order valence-corrected chi connectivity index (χ2v) is 7.71. The standard InChI is InChI=1S/C21H18ClN3O4S/c22-16-8-6-15(7-9-16)19(27)24-13-18(26)23-10-11-25-20(28)17(30-21(25)29)12-14-4-2-1-3-5-14/h1-9,12H,10-11,13H2,(H,23,26)(H,24,27)/b17-12+. The number of rotatable bonds is 7. The van der Waals surface area contributed by atoms with Gasteiger partial charge in [0.1, 0.15) is 0 Å². The largest absolute Gasteiger partial charge is 0.353 e. The Labute approximate surface area is 182 Å². The van der Waals surface area contributed by atoms with E-state index in [2.05, 4.69) is 10.6 Å². The molecule has 1 heterocycles. The average Bonchev–Trinajstić information content (AvgIpc) is 3.00. The van der Waals surface area contributed by atoms with E-state index in [0.717, 1.165) is 22.2 Å². The van der Waals surface area contributed by atoms with Crippen molar-refractivity contribution in [2.75, 3.05) is 19.6 Å². The van der Waals surface area contributed by atoms with Crippen molar-refractivity contribution < 1.29 is 19.2 Å². The molecular formula is C21H18ClN3O4S. The molecule has 1 fully saturated rings. The number of halogens is 1. The zero-order valence-corrected chi connectivity index (χ0v) is 17.3. The number of thioether (sulfide) groups is 1. The highest BCUT2D eigenvalue weighted by Crippen LogP contribution is 2.31. The van der Waals surface area contributed by atoms with Crippen molar-refractivity contribution >= 4 is 52.4 Å². The van der Waals surface area contributed by atoms with Crippen molar-refractivity contribution in [1.29, 1.82) is 0 Å². The summed E-state index contributed by atoms with van der Waals surface area (Å²) in [5, 5.41) is 5.20. The summed E-state index contributed by atoms with van der Waals surface area (Å²) in [6.45, 7) is -0.0861. The number of nitrogens with one attached hydrogen (secondary N) is 2. The quantitative estimate of drug-likeness (QED) is 0.641. The lowest BCUT2D eigenvalue weighted by Gasteiger charge is -2.13. The summed E-state index contributed by atoms with van der Waals surface area (Å²) in [4.78, 5) is 49.9. The summed E-state index contributed by atoms with van der Waals surface area (Å²) in [6.07, 6.45) is 1.66. The molecule has 0 spiro atoms. The summed E-state index contributed by atoms with van der Waals surface area (Å²) in [5.74, 6) is -1.22. The smallest absolute Gasteiger partial charge is 0.293 e. The first kappa shape index (κ1) is 21.6. The van der Waals surface area contributed by atoms with Crippen LogP contribution in [0.25, 0.3) is 6.08 Å². The molecule has 2 N–H and O–H groups in total. The molecule has 0 aromatic heterocycles. The van der Waals surface area contributed by atoms with E-state index < -0.39 is 11.8 Å². The fourth-order valence-corrected chi connectivity index (χ4v) is 3.62. The van der Waals surface area contributed by atoms with Crippen LogP contribution in [-0.4, -0.2) is 47.5 Å². The Kier molecular flexibility index (Phi) is 7.26. The first-order valence-corrected chi connectivity index (χ1v) is 10.2. The van der Waals surface area contributed by atoms with Crippen LogP contribution in [0.3, 0.4) is 0 Å². The van der Waals surface area contributed by atoms with Gasteiger partial charge in [-0.1, -0.05) is 41.9 Å². The van der Waals surface area contributed by atoms with E-state index in [1.54, 1.807) is 30.3 Å². The van der Waals surface area contributed by atoms with E-state index in [-0.39, 0.29) is 30.8 Å². The third-order valence-corrected chi connectivity index (χ3v) is 5.30. The molecule has 0 saturated carbocycles. The normalized spacial score (nSPS) is 14.8. The second-order valence-electron chi connectivity index (χ2n) is 6.28. The summed E-state index contributed by atoms with van der Waals surface area (Å²) < 4.78 is 0. The monoisotopic (exact) mass is 443 g/mol. The molecule has 1 aliphatic heterocycles.